The zero-order valence-corrected chi connectivity index (χ0v) is 22.3. The maximum Gasteiger partial charge on any atom is 0.404 e. The first-order valence-electron chi connectivity index (χ1n) is 13.7. The van der Waals surface area contributed by atoms with Crippen LogP contribution >= 0.6 is 0 Å². The van der Waals surface area contributed by atoms with Crippen molar-refractivity contribution < 1.29 is 19.1 Å². The highest BCUT2D eigenvalue weighted by molar-refractivity contribution is 5.85. The van der Waals surface area contributed by atoms with Crippen LogP contribution in [0.25, 0.3) is 0 Å². The molecule has 0 aliphatic heterocycles. The summed E-state index contributed by atoms with van der Waals surface area (Å²) in [6.45, 7) is 3.41. The van der Waals surface area contributed by atoms with Gasteiger partial charge in [0.15, 0.2) is 0 Å². The van der Waals surface area contributed by atoms with Gasteiger partial charge in [0.1, 0.15) is 6.61 Å². The fourth-order valence-corrected chi connectivity index (χ4v) is 3.86. The van der Waals surface area contributed by atoms with Crippen molar-refractivity contribution in [3.05, 3.63) is 0 Å². The third kappa shape index (κ3) is 21.3. The monoisotopic (exact) mass is 515 g/mol. The lowest BCUT2D eigenvalue weighted by Gasteiger charge is -2.25. The topological polar surface area (TPSA) is 192 Å². The van der Waals surface area contributed by atoms with Crippen LogP contribution in [0.3, 0.4) is 0 Å². The molecule has 0 aromatic carbocycles. The number of carbonyl (C=O) groups is 3. The molecule has 0 rings (SSSR count). The van der Waals surface area contributed by atoms with E-state index in [1.807, 2.05) is 0 Å². The number of ether oxygens (including phenoxy) is 1. The second-order valence-corrected chi connectivity index (χ2v) is 9.28. The molecule has 0 saturated carbocycles. The highest BCUT2D eigenvalue weighted by Crippen LogP contribution is 2.06. The van der Waals surface area contributed by atoms with Crippen molar-refractivity contribution in [1.29, 1.82) is 0 Å². The predicted octanol–water partition coefficient (Wildman–Crippen LogP) is 0.932. The summed E-state index contributed by atoms with van der Waals surface area (Å²) in [6.07, 6.45) is 11.7. The summed E-state index contributed by atoms with van der Waals surface area (Å²) < 4.78 is 4.89. The van der Waals surface area contributed by atoms with Gasteiger partial charge in [-0.2, -0.15) is 0 Å². The molecule has 0 unspecified atom stereocenters. The van der Waals surface area contributed by atoms with E-state index >= 15 is 0 Å². The number of nitrogens with one attached hydrogen (secondary N) is 2. The lowest BCUT2D eigenvalue weighted by molar-refractivity contribution is -0.135. The summed E-state index contributed by atoms with van der Waals surface area (Å²) in [5.74, 6) is -0.375. The van der Waals surface area contributed by atoms with Gasteiger partial charge in [-0.1, -0.05) is 44.9 Å². The molecule has 0 aliphatic carbocycles. The van der Waals surface area contributed by atoms with Gasteiger partial charge in [-0.3, -0.25) is 9.59 Å². The molecule has 0 fully saturated rings. The molecule has 11 heteroatoms. The smallest absolute Gasteiger partial charge is 0.404 e. The fourth-order valence-electron chi connectivity index (χ4n) is 3.86. The molecular weight excluding hydrogens is 462 g/mol. The van der Waals surface area contributed by atoms with Gasteiger partial charge in [-0.05, 0) is 64.7 Å². The van der Waals surface area contributed by atoms with Gasteiger partial charge in [0.05, 0.1) is 19.1 Å². The third-order valence-electron chi connectivity index (χ3n) is 5.95. The van der Waals surface area contributed by atoms with Gasteiger partial charge in [0, 0.05) is 6.54 Å². The quantitative estimate of drug-likeness (QED) is 0.0967. The van der Waals surface area contributed by atoms with Crippen molar-refractivity contribution in [1.82, 2.24) is 15.5 Å². The first-order chi connectivity index (χ1) is 17.4. The van der Waals surface area contributed by atoms with Crippen LogP contribution in [0.1, 0.15) is 83.5 Å². The highest BCUT2D eigenvalue weighted by Gasteiger charge is 2.20. The first kappa shape index (κ1) is 34.0. The Kier molecular flexibility index (Phi) is 23.4. The van der Waals surface area contributed by atoms with E-state index < -0.39 is 6.09 Å². The number of primary amides is 1. The molecule has 3 amide bonds. The van der Waals surface area contributed by atoms with Crippen molar-refractivity contribution in [3.8, 4) is 0 Å². The highest BCUT2D eigenvalue weighted by atomic mass is 16.5. The van der Waals surface area contributed by atoms with Crippen LogP contribution in [0.5, 0.6) is 0 Å². The standard InChI is InChI=1S/C25H53N7O4/c26-14-8-3-1-5-11-17-30-19-24(34)32(18-12-6-2-4-9-15-27)20-23(33)31-22(13-7-10-16-28)21-36-25(29)35/h22,30H,1-21,26-28H2,(H2,29,35)(H,31,33)/t22-/m0/s1. The Morgan fingerprint density at radius 2 is 1.31 bits per heavy atom. The number of carbonyl (C=O) groups excluding carboxylic acids is 3. The first-order valence-corrected chi connectivity index (χ1v) is 13.7. The number of nitrogens with two attached hydrogens (primary N) is 4. The SMILES string of the molecule is NCCCCCCCNCC(=O)N(CCCCCCCN)CC(=O)N[C@@H](CCCCN)COC(N)=O. The number of hydrogen-bond acceptors (Lipinski definition) is 8. The van der Waals surface area contributed by atoms with Crippen LogP contribution in [0.15, 0.2) is 0 Å². The number of amides is 3. The number of nitrogens with zero attached hydrogens (tertiary/aromatic N) is 1. The van der Waals surface area contributed by atoms with E-state index in [0.717, 1.165) is 90.1 Å². The van der Waals surface area contributed by atoms with Crippen molar-refractivity contribution in [2.24, 2.45) is 22.9 Å². The fraction of sp³-hybridized carbons (Fsp3) is 0.880. The average Bonchev–Trinajstić information content (AvgIpc) is 2.85. The summed E-state index contributed by atoms with van der Waals surface area (Å²) in [4.78, 5) is 38.3. The minimum Gasteiger partial charge on any atom is -0.448 e. The van der Waals surface area contributed by atoms with E-state index in [-0.39, 0.29) is 37.6 Å². The van der Waals surface area contributed by atoms with Gasteiger partial charge >= 0.3 is 6.09 Å². The number of unbranched alkanes of at least 4 members (excludes halogenated alkanes) is 9. The van der Waals surface area contributed by atoms with Crippen LogP contribution in [0.2, 0.25) is 0 Å². The average molecular weight is 516 g/mol. The van der Waals surface area contributed by atoms with E-state index in [4.69, 9.17) is 27.7 Å². The zero-order chi connectivity index (χ0) is 26.9. The van der Waals surface area contributed by atoms with Gasteiger partial charge in [-0.25, -0.2) is 4.79 Å². The minimum absolute atomic E-state index is 0.00638. The van der Waals surface area contributed by atoms with Crippen LogP contribution < -0.4 is 33.6 Å². The molecule has 0 heterocycles. The number of hydrogen-bond donors (Lipinski definition) is 6. The molecule has 0 aromatic rings. The van der Waals surface area contributed by atoms with E-state index in [1.54, 1.807) is 4.90 Å². The minimum atomic E-state index is -0.884. The van der Waals surface area contributed by atoms with Crippen molar-refractivity contribution in [2.45, 2.75) is 89.5 Å². The van der Waals surface area contributed by atoms with Crippen molar-refractivity contribution >= 4 is 17.9 Å². The molecule has 212 valence electrons. The summed E-state index contributed by atoms with van der Waals surface area (Å²) >= 11 is 0. The lowest BCUT2D eigenvalue weighted by atomic mass is 10.1. The molecule has 36 heavy (non-hydrogen) atoms. The maximum absolute atomic E-state index is 12.9. The molecule has 0 aliphatic rings. The second-order valence-electron chi connectivity index (χ2n) is 9.28. The van der Waals surface area contributed by atoms with Gasteiger partial charge in [0.25, 0.3) is 0 Å². The molecule has 0 bridgehead atoms. The Bertz CT molecular complexity index is 567. The Balaban J connectivity index is 4.71. The molecular formula is C25H53N7O4. The van der Waals surface area contributed by atoms with E-state index in [9.17, 15) is 14.4 Å². The number of rotatable bonds is 25. The zero-order valence-electron chi connectivity index (χ0n) is 22.3. The largest absolute Gasteiger partial charge is 0.448 e. The van der Waals surface area contributed by atoms with E-state index in [0.29, 0.717) is 26.1 Å². The molecule has 1 atom stereocenters. The summed E-state index contributed by atoms with van der Waals surface area (Å²) in [6, 6.07) is -0.373. The maximum atomic E-state index is 12.9. The van der Waals surface area contributed by atoms with E-state index in [1.165, 1.54) is 0 Å². The predicted molar refractivity (Wildman–Crippen MR) is 144 cm³/mol. The van der Waals surface area contributed by atoms with Crippen molar-refractivity contribution in [3.63, 3.8) is 0 Å². The second kappa shape index (κ2) is 24.7. The molecule has 11 nitrogen and oxygen atoms in total. The van der Waals surface area contributed by atoms with Crippen LogP contribution in [-0.4, -0.2) is 81.3 Å². The molecule has 0 saturated heterocycles. The Morgan fingerprint density at radius 1 is 0.750 bits per heavy atom. The van der Waals surface area contributed by atoms with Crippen LogP contribution in [-0.2, 0) is 14.3 Å². The normalized spacial score (nSPS) is 11.8. The van der Waals surface area contributed by atoms with Crippen LogP contribution in [0.4, 0.5) is 4.79 Å². The van der Waals surface area contributed by atoms with Gasteiger partial charge in [-0.15, -0.1) is 0 Å². The summed E-state index contributed by atoms with van der Waals surface area (Å²) in [5.41, 5.74) is 21.7. The lowest BCUT2D eigenvalue weighted by Crippen LogP contribution is -2.48. The van der Waals surface area contributed by atoms with Crippen molar-refractivity contribution in [2.75, 3.05) is 52.4 Å². The summed E-state index contributed by atoms with van der Waals surface area (Å²) in [5, 5.41) is 6.10. The molecule has 10 N–H and O–H groups in total. The molecule has 0 spiro atoms. The van der Waals surface area contributed by atoms with Gasteiger partial charge < -0.3 is 43.2 Å². The molecule has 0 aromatic heterocycles. The third-order valence-corrected chi connectivity index (χ3v) is 5.95. The van der Waals surface area contributed by atoms with Crippen LogP contribution in [0, 0.1) is 0 Å². The molecule has 0 radical (unpaired) electrons. The Labute approximate surface area is 217 Å². The van der Waals surface area contributed by atoms with E-state index in [2.05, 4.69) is 10.6 Å². The summed E-state index contributed by atoms with van der Waals surface area (Å²) in [7, 11) is 0. The Hall–Kier alpha value is -1.95. The van der Waals surface area contributed by atoms with Gasteiger partial charge in [0.2, 0.25) is 11.8 Å². The Morgan fingerprint density at radius 3 is 1.92 bits per heavy atom.